The number of hydrogen-bond donors (Lipinski definition) is 2. The van der Waals surface area contributed by atoms with E-state index in [-0.39, 0.29) is 30.5 Å². The van der Waals surface area contributed by atoms with E-state index < -0.39 is 5.97 Å². The predicted molar refractivity (Wildman–Crippen MR) is 97.3 cm³/mol. The first kappa shape index (κ1) is 19.4. The molecular weight excluding hydrogens is 342 g/mol. The van der Waals surface area contributed by atoms with Gasteiger partial charge in [-0.1, -0.05) is 6.42 Å². The molecular formula is C17H25N3O4S. The number of carbonyl (C=O) groups is 3. The highest BCUT2D eigenvalue weighted by atomic mass is 32.1. The van der Waals surface area contributed by atoms with Crippen LogP contribution in [0, 0.1) is 6.92 Å². The van der Waals surface area contributed by atoms with Crippen LogP contribution in [0.5, 0.6) is 0 Å². The zero-order valence-corrected chi connectivity index (χ0v) is 15.8. The van der Waals surface area contributed by atoms with Crippen LogP contribution in [-0.4, -0.2) is 56.0 Å². The third-order valence-electron chi connectivity index (χ3n) is 4.13. The SMILES string of the molecule is CCOC(=O)c1c(NC(=O)CN2CCCCC2)sc(C(=O)NC)c1C. The van der Waals surface area contributed by atoms with Gasteiger partial charge in [0.25, 0.3) is 5.91 Å². The van der Waals surface area contributed by atoms with E-state index >= 15 is 0 Å². The number of nitrogens with zero attached hydrogens (tertiary/aromatic N) is 1. The first-order chi connectivity index (χ1) is 12.0. The fraction of sp³-hybridized carbons (Fsp3) is 0.588. The van der Waals surface area contributed by atoms with Crippen LogP contribution in [0.1, 0.15) is 51.8 Å². The third-order valence-corrected chi connectivity index (χ3v) is 5.33. The van der Waals surface area contributed by atoms with Gasteiger partial charge in [0, 0.05) is 7.05 Å². The Morgan fingerprint density at radius 1 is 1.20 bits per heavy atom. The summed E-state index contributed by atoms with van der Waals surface area (Å²) in [4.78, 5) is 39.2. The summed E-state index contributed by atoms with van der Waals surface area (Å²) in [6.07, 6.45) is 3.39. The zero-order chi connectivity index (χ0) is 18.4. The molecule has 1 aliphatic heterocycles. The highest BCUT2D eigenvalue weighted by Crippen LogP contribution is 2.33. The van der Waals surface area contributed by atoms with Gasteiger partial charge in [0.2, 0.25) is 5.91 Å². The number of thiophene rings is 1. The smallest absolute Gasteiger partial charge is 0.341 e. The van der Waals surface area contributed by atoms with Crippen LogP contribution in [0.4, 0.5) is 5.00 Å². The van der Waals surface area contributed by atoms with Gasteiger partial charge in [-0.3, -0.25) is 14.5 Å². The summed E-state index contributed by atoms with van der Waals surface area (Å²) in [5, 5.41) is 5.72. The molecule has 1 fully saturated rings. The number of anilines is 1. The Labute approximate surface area is 151 Å². The normalized spacial score (nSPS) is 14.8. The molecule has 8 heteroatoms. The fourth-order valence-electron chi connectivity index (χ4n) is 2.87. The maximum absolute atomic E-state index is 12.4. The van der Waals surface area contributed by atoms with Crippen molar-refractivity contribution in [2.24, 2.45) is 0 Å². The minimum Gasteiger partial charge on any atom is -0.462 e. The molecule has 0 saturated carbocycles. The lowest BCUT2D eigenvalue weighted by Crippen LogP contribution is -2.36. The first-order valence-electron chi connectivity index (χ1n) is 8.52. The Bertz CT molecular complexity index is 651. The standard InChI is InChI=1S/C17H25N3O4S/c1-4-24-17(23)13-11(2)14(15(22)18-3)25-16(13)19-12(21)10-20-8-6-5-7-9-20/h4-10H2,1-3H3,(H,18,22)(H,19,21). The van der Waals surface area contributed by atoms with Crippen LogP contribution in [0.25, 0.3) is 0 Å². The van der Waals surface area contributed by atoms with Crippen LogP contribution < -0.4 is 10.6 Å². The summed E-state index contributed by atoms with van der Waals surface area (Å²) in [6, 6.07) is 0. The van der Waals surface area contributed by atoms with Crippen molar-refractivity contribution in [2.75, 3.05) is 38.6 Å². The third kappa shape index (κ3) is 4.79. The number of likely N-dealkylation sites (tertiary alicyclic amines) is 1. The van der Waals surface area contributed by atoms with Crippen molar-refractivity contribution < 1.29 is 19.1 Å². The van der Waals surface area contributed by atoms with E-state index in [2.05, 4.69) is 15.5 Å². The van der Waals surface area contributed by atoms with Crippen molar-refractivity contribution in [1.29, 1.82) is 0 Å². The van der Waals surface area contributed by atoms with Gasteiger partial charge in [-0.2, -0.15) is 0 Å². The highest BCUT2D eigenvalue weighted by Gasteiger charge is 2.26. The molecule has 25 heavy (non-hydrogen) atoms. The van der Waals surface area contributed by atoms with Gasteiger partial charge in [0.15, 0.2) is 0 Å². The Morgan fingerprint density at radius 3 is 2.48 bits per heavy atom. The second kappa shape index (κ2) is 8.96. The molecule has 7 nitrogen and oxygen atoms in total. The predicted octanol–water partition coefficient (Wildman–Crippen LogP) is 2.02. The Balaban J connectivity index is 2.20. The number of ether oxygens (including phenoxy) is 1. The van der Waals surface area contributed by atoms with Crippen LogP contribution >= 0.6 is 11.3 Å². The topological polar surface area (TPSA) is 87.7 Å². The molecule has 1 aliphatic rings. The minimum absolute atomic E-state index is 0.183. The molecule has 2 amide bonds. The average Bonchev–Trinajstić information content (AvgIpc) is 2.91. The van der Waals surface area contributed by atoms with E-state index in [1.54, 1.807) is 13.8 Å². The van der Waals surface area contributed by atoms with Gasteiger partial charge >= 0.3 is 5.97 Å². The van der Waals surface area contributed by atoms with Crippen molar-refractivity contribution in [3.8, 4) is 0 Å². The molecule has 2 N–H and O–H groups in total. The van der Waals surface area contributed by atoms with Crippen molar-refractivity contribution in [3.05, 3.63) is 16.0 Å². The highest BCUT2D eigenvalue weighted by molar-refractivity contribution is 7.18. The number of esters is 1. The number of nitrogens with one attached hydrogen (secondary N) is 2. The molecule has 138 valence electrons. The second-order valence-corrected chi connectivity index (χ2v) is 6.97. The van der Waals surface area contributed by atoms with Crippen molar-refractivity contribution in [3.63, 3.8) is 0 Å². The molecule has 2 heterocycles. The van der Waals surface area contributed by atoms with Crippen LogP contribution in [0.3, 0.4) is 0 Å². The first-order valence-corrected chi connectivity index (χ1v) is 9.34. The summed E-state index contributed by atoms with van der Waals surface area (Å²) in [7, 11) is 1.53. The van der Waals surface area contributed by atoms with E-state index in [9.17, 15) is 14.4 Å². The molecule has 1 aromatic heterocycles. The molecule has 0 aliphatic carbocycles. The lowest BCUT2D eigenvalue weighted by Gasteiger charge is -2.25. The number of hydrogen-bond acceptors (Lipinski definition) is 6. The number of piperidine rings is 1. The van der Waals surface area contributed by atoms with E-state index in [4.69, 9.17) is 4.74 Å². The van der Waals surface area contributed by atoms with E-state index in [0.717, 1.165) is 37.3 Å². The van der Waals surface area contributed by atoms with Gasteiger partial charge in [0.1, 0.15) is 5.00 Å². The van der Waals surface area contributed by atoms with E-state index in [1.807, 2.05) is 0 Å². The van der Waals surface area contributed by atoms with Crippen molar-refractivity contribution in [1.82, 2.24) is 10.2 Å². The molecule has 2 rings (SSSR count). The number of amides is 2. The van der Waals surface area contributed by atoms with Gasteiger partial charge < -0.3 is 15.4 Å². The number of rotatable bonds is 6. The van der Waals surface area contributed by atoms with Gasteiger partial charge in [-0.05, 0) is 45.3 Å². The molecule has 0 bridgehead atoms. The summed E-state index contributed by atoms with van der Waals surface area (Å²) in [5.74, 6) is -0.999. The molecule has 0 spiro atoms. The van der Waals surface area contributed by atoms with Crippen LogP contribution in [0.15, 0.2) is 0 Å². The largest absolute Gasteiger partial charge is 0.462 e. The molecule has 0 aromatic carbocycles. The maximum Gasteiger partial charge on any atom is 0.341 e. The lowest BCUT2D eigenvalue weighted by molar-refractivity contribution is -0.117. The Kier molecular flexibility index (Phi) is 6.95. The van der Waals surface area contributed by atoms with Gasteiger partial charge in [-0.25, -0.2) is 4.79 Å². The second-order valence-electron chi connectivity index (χ2n) is 5.94. The van der Waals surface area contributed by atoms with Crippen molar-refractivity contribution in [2.45, 2.75) is 33.1 Å². The van der Waals surface area contributed by atoms with Crippen LogP contribution in [0.2, 0.25) is 0 Å². The maximum atomic E-state index is 12.4. The molecule has 1 aromatic rings. The molecule has 0 radical (unpaired) electrons. The van der Waals surface area contributed by atoms with E-state index in [0.29, 0.717) is 15.4 Å². The minimum atomic E-state index is -0.528. The fourth-order valence-corrected chi connectivity index (χ4v) is 4.02. The molecule has 1 saturated heterocycles. The molecule has 0 atom stereocenters. The molecule has 0 unspecified atom stereocenters. The summed E-state index contributed by atoms with van der Waals surface area (Å²) in [5.41, 5.74) is 0.786. The average molecular weight is 367 g/mol. The Hall–Kier alpha value is -1.93. The van der Waals surface area contributed by atoms with E-state index in [1.165, 1.54) is 13.5 Å². The monoisotopic (exact) mass is 367 g/mol. The Morgan fingerprint density at radius 2 is 1.88 bits per heavy atom. The van der Waals surface area contributed by atoms with Crippen LogP contribution in [-0.2, 0) is 9.53 Å². The van der Waals surface area contributed by atoms with Crippen molar-refractivity contribution >= 4 is 34.1 Å². The quantitative estimate of drug-likeness (QED) is 0.751. The summed E-state index contributed by atoms with van der Waals surface area (Å²) in [6.45, 7) is 5.73. The summed E-state index contributed by atoms with van der Waals surface area (Å²) >= 11 is 1.10. The number of carbonyl (C=O) groups excluding carboxylic acids is 3. The summed E-state index contributed by atoms with van der Waals surface area (Å²) < 4.78 is 5.08. The lowest BCUT2D eigenvalue weighted by atomic mass is 10.1. The zero-order valence-electron chi connectivity index (χ0n) is 14.9. The van der Waals surface area contributed by atoms with Gasteiger partial charge in [-0.15, -0.1) is 11.3 Å². The van der Waals surface area contributed by atoms with Gasteiger partial charge in [0.05, 0.1) is 23.6 Å².